The second-order valence-corrected chi connectivity index (χ2v) is 4.93. The fourth-order valence-electron chi connectivity index (χ4n) is 1.43. The number of nitrogens with zero attached hydrogens (tertiary/aromatic N) is 1. The summed E-state index contributed by atoms with van der Waals surface area (Å²) < 4.78 is 5.19. The maximum Gasteiger partial charge on any atom is 0.410 e. The molecule has 4 heteroatoms. The summed E-state index contributed by atoms with van der Waals surface area (Å²) in [6, 6.07) is 0. The van der Waals surface area contributed by atoms with Gasteiger partial charge in [-0.1, -0.05) is 6.92 Å². The van der Waals surface area contributed by atoms with Crippen molar-refractivity contribution in [1.29, 1.82) is 0 Å². The van der Waals surface area contributed by atoms with Crippen molar-refractivity contribution in [3.63, 3.8) is 0 Å². The van der Waals surface area contributed by atoms with E-state index in [1.165, 1.54) is 0 Å². The van der Waals surface area contributed by atoms with Crippen LogP contribution in [0.4, 0.5) is 4.79 Å². The molecule has 0 radical (unpaired) electrons. The predicted octanol–water partition coefficient (Wildman–Crippen LogP) is 1.23. The Labute approximate surface area is 84.8 Å². The topological polar surface area (TPSA) is 49.8 Å². The van der Waals surface area contributed by atoms with Crippen LogP contribution in [0.15, 0.2) is 0 Å². The molecule has 1 aliphatic heterocycles. The van der Waals surface area contributed by atoms with Gasteiger partial charge in [-0.05, 0) is 20.8 Å². The summed E-state index contributed by atoms with van der Waals surface area (Å²) in [6.07, 6.45) is -0.747. The first-order chi connectivity index (χ1) is 6.29. The van der Waals surface area contributed by atoms with Gasteiger partial charge in [-0.15, -0.1) is 0 Å². The largest absolute Gasteiger partial charge is 0.444 e. The molecular formula is C10H19NO3. The molecule has 1 rings (SSSR count). The standard InChI is InChI=1S/C10H19NO3/c1-7-5-11(6-8(7)12)9(13)14-10(2,3)4/h7-8,12H,5-6H2,1-4H3/t7?,8-/m1/s1. The van der Waals surface area contributed by atoms with Crippen molar-refractivity contribution >= 4 is 6.09 Å². The Kier molecular flexibility index (Phi) is 3.04. The first kappa shape index (κ1) is 11.3. The van der Waals surface area contributed by atoms with Crippen LogP contribution in [0.3, 0.4) is 0 Å². The van der Waals surface area contributed by atoms with E-state index in [1.54, 1.807) is 4.90 Å². The third-order valence-electron chi connectivity index (χ3n) is 2.22. The minimum absolute atomic E-state index is 0.141. The number of carbonyl (C=O) groups excluding carboxylic acids is 1. The van der Waals surface area contributed by atoms with Gasteiger partial charge in [0.15, 0.2) is 0 Å². The average Bonchev–Trinajstić information content (AvgIpc) is 2.28. The van der Waals surface area contributed by atoms with Crippen LogP contribution >= 0.6 is 0 Å². The van der Waals surface area contributed by atoms with Crippen molar-refractivity contribution in [3.05, 3.63) is 0 Å². The van der Waals surface area contributed by atoms with Gasteiger partial charge < -0.3 is 14.7 Å². The predicted molar refractivity (Wildman–Crippen MR) is 53.0 cm³/mol. The van der Waals surface area contributed by atoms with Gasteiger partial charge in [0.25, 0.3) is 0 Å². The molecule has 1 N–H and O–H groups in total. The zero-order chi connectivity index (χ0) is 10.9. The molecule has 1 heterocycles. The highest BCUT2D eigenvalue weighted by atomic mass is 16.6. The lowest BCUT2D eigenvalue weighted by Gasteiger charge is -2.24. The van der Waals surface area contributed by atoms with E-state index in [4.69, 9.17) is 4.74 Å². The Morgan fingerprint density at radius 3 is 2.36 bits per heavy atom. The molecular weight excluding hydrogens is 182 g/mol. The summed E-state index contributed by atoms with van der Waals surface area (Å²) in [4.78, 5) is 13.1. The number of ether oxygens (including phenoxy) is 1. The summed E-state index contributed by atoms with van der Waals surface area (Å²) in [7, 11) is 0. The Morgan fingerprint density at radius 1 is 1.43 bits per heavy atom. The quantitative estimate of drug-likeness (QED) is 0.641. The van der Waals surface area contributed by atoms with Crippen molar-refractivity contribution in [2.75, 3.05) is 13.1 Å². The summed E-state index contributed by atoms with van der Waals surface area (Å²) in [5, 5.41) is 9.47. The molecule has 82 valence electrons. The smallest absolute Gasteiger partial charge is 0.410 e. The molecule has 1 saturated heterocycles. The molecule has 0 aromatic rings. The summed E-state index contributed by atoms with van der Waals surface area (Å²) >= 11 is 0. The van der Waals surface area contributed by atoms with Crippen LogP contribution in [0.5, 0.6) is 0 Å². The minimum atomic E-state index is -0.464. The highest BCUT2D eigenvalue weighted by Gasteiger charge is 2.33. The number of hydrogen-bond acceptors (Lipinski definition) is 3. The van der Waals surface area contributed by atoms with Crippen LogP contribution in [0, 0.1) is 5.92 Å². The first-order valence-corrected chi connectivity index (χ1v) is 4.95. The van der Waals surface area contributed by atoms with E-state index in [0.717, 1.165) is 0 Å². The normalized spacial score (nSPS) is 27.9. The molecule has 1 unspecified atom stereocenters. The zero-order valence-corrected chi connectivity index (χ0v) is 9.28. The van der Waals surface area contributed by atoms with Crippen LogP contribution in [0.25, 0.3) is 0 Å². The number of hydrogen-bond donors (Lipinski definition) is 1. The van der Waals surface area contributed by atoms with Crippen LogP contribution in [-0.4, -0.2) is 40.9 Å². The number of β-amino-alcohol motifs (C(OH)–C–C–N with tert-alkyl or cyclic N) is 1. The Balaban J connectivity index is 2.48. The third-order valence-corrected chi connectivity index (χ3v) is 2.22. The van der Waals surface area contributed by atoms with E-state index < -0.39 is 11.7 Å². The molecule has 0 aliphatic carbocycles. The fourth-order valence-corrected chi connectivity index (χ4v) is 1.43. The van der Waals surface area contributed by atoms with Crippen LogP contribution in [0.2, 0.25) is 0 Å². The van der Waals surface area contributed by atoms with Crippen molar-refractivity contribution in [2.45, 2.75) is 39.4 Å². The van der Waals surface area contributed by atoms with E-state index in [0.29, 0.717) is 13.1 Å². The highest BCUT2D eigenvalue weighted by Crippen LogP contribution is 2.19. The second-order valence-electron chi connectivity index (χ2n) is 4.93. The number of aliphatic hydroxyl groups excluding tert-OH is 1. The van der Waals surface area contributed by atoms with Crippen molar-refractivity contribution in [2.24, 2.45) is 5.92 Å². The third kappa shape index (κ3) is 2.87. The zero-order valence-electron chi connectivity index (χ0n) is 9.28. The number of rotatable bonds is 0. The Morgan fingerprint density at radius 2 is 2.00 bits per heavy atom. The summed E-state index contributed by atoms with van der Waals surface area (Å²) in [6.45, 7) is 8.39. The number of likely N-dealkylation sites (tertiary alicyclic amines) is 1. The van der Waals surface area contributed by atoms with Gasteiger partial charge in [0.2, 0.25) is 0 Å². The van der Waals surface area contributed by atoms with Gasteiger partial charge in [-0.3, -0.25) is 0 Å². The number of carbonyl (C=O) groups is 1. The van der Waals surface area contributed by atoms with Crippen molar-refractivity contribution in [3.8, 4) is 0 Å². The van der Waals surface area contributed by atoms with E-state index >= 15 is 0 Å². The minimum Gasteiger partial charge on any atom is -0.444 e. The number of aliphatic hydroxyl groups is 1. The summed E-state index contributed by atoms with van der Waals surface area (Å²) in [5.74, 6) is 0.141. The van der Waals surface area contributed by atoms with Gasteiger partial charge in [0.1, 0.15) is 5.60 Å². The first-order valence-electron chi connectivity index (χ1n) is 4.95. The molecule has 0 bridgehead atoms. The SMILES string of the molecule is CC1CN(C(=O)OC(C)(C)C)C[C@H]1O. The monoisotopic (exact) mass is 201 g/mol. The molecule has 0 aromatic heterocycles. The Hall–Kier alpha value is -0.770. The van der Waals surface area contributed by atoms with Crippen molar-refractivity contribution < 1.29 is 14.6 Å². The van der Waals surface area contributed by atoms with E-state index in [9.17, 15) is 9.90 Å². The van der Waals surface area contributed by atoms with Gasteiger partial charge in [-0.2, -0.15) is 0 Å². The van der Waals surface area contributed by atoms with E-state index in [-0.39, 0.29) is 12.0 Å². The fraction of sp³-hybridized carbons (Fsp3) is 0.900. The maximum absolute atomic E-state index is 11.5. The van der Waals surface area contributed by atoms with E-state index in [2.05, 4.69) is 0 Å². The molecule has 0 saturated carbocycles. The Bertz CT molecular complexity index is 212. The summed E-state index contributed by atoms with van der Waals surface area (Å²) in [5.41, 5.74) is -0.464. The van der Waals surface area contributed by atoms with Gasteiger partial charge >= 0.3 is 6.09 Å². The van der Waals surface area contributed by atoms with Gasteiger partial charge in [0, 0.05) is 12.5 Å². The molecule has 14 heavy (non-hydrogen) atoms. The molecule has 0 spiro atoms. The lowest BCUT2D eigenvalue weighted by Crippen LogP contribution is -2.35. The van der Waals surface area contributed by atoms with E-state index in [1.807, 2.05) is 27.7 Å². The molecule has 1 aliphatic rings. The molecule has 2 atom stereocenters. The maximum atomic E-state index is 11.5. The second kappa shape index (κ2) is 3.77. The molecule has 1 amide bonds. The van der Waals surface area contributed by atoms with Gasteiger partial charge in [-0.25, -0.2) is 4.79 Å². The number of amides is 1. The van der Waals surface area contributed by atoms with Crippen LogP contribution in [-0.2, 0) is 4.74 Å². The van der Waals surface area contributed by atoms with Crippen LogP contribution in [0.1, 0.15) is 27.7 Å². The lowest BCUT2D eigenvalue weighted by atomic mass is 10.1. The van der Waals surface area contributed by atoms with Crippen molar-refractivity contribution in [1.82, 2.24) is 4.90 Å². The van der Waals surface area contributed by atoms with Crippen LogP contribution < -0.4 is 0 Å². The molecule has 4 nitrogen and oxygen atoms in total. The van der Waals surface area contributed by atoms with Gasteiger partial charge in [0.05, 0.1) is 12.6 Å². The lowest BCUT2D eigenvalue weighted by molar-refractivity contribution is 0.0270. The molecule has 0 aromatic carbocycles. The highest BCUT2D eigenvalue weighted by molar-refractivity contribution is 5.68. The molecule has 1 fully saturated rings. The average molecular weight is 201 g/mol.